The maximum Gasteiger partial charge on any atom is 0.337 e. The summed E-state index contributed by atoms with van der Waals surface area (Å²) in [6.45, 7) is 0.221. The molecule has 0 spiro atoms. The molecule has 0 aliphatic carbocycles. The number of aliphatic hydroxyl groups is 2. The second-order valence-corrected chi connectivity index (χ2v) is 3.85. The highest BCUT2D eigenvalue weighted by Gasteiger charge is 2.21. The zero-order chi connectivity index (χ0) is 13.7. The summed E-state index contributed by atoms with van der Waals surface area (Å²) >= 11 is 0. The normalized spacial score (nSPS) is 14.0. The van der Waals surface area contributed by atoms with E-state index in [1.54, 1.807) is 0 Å². The molecule has 0 heterocycles. The number of aromatic hydroxyl groups is 1. The minimum atomic E-state index is -1.25. The van der Waals surface area contributed by atoms with Crippen LogP contribution in [0.4, 0.5) is 0 Å². The Bertz CT molecular complexity index is 421. The van der Waals surface area contributed by atoms with E-state index in [2.05, 4.69) is 4.74 Å². The Kier molecular flexibility index (Phi) is 5.08. The van der Waals surface area contributed by atoms with Crippen LogP contribution >= 0.6 is 0 Å². The van der Waals surface area contributed by atoms with Crippen LogP contribution in [0.25, 0.3) is 0 Å². The fourth-order valence-corrected chi connectivity index (χ4v) is 1.57. The summed E-state index contributed by atoms with van der Waals surface area (Å²) in [6, 6.07) is 3.95. The molecule has 0 saturated carbocycles. The van der Waals surface area contributed by atoms with E-state index in [4.69, 9.17) is 5.73 Å². The Hall–Kier alpha value is -1.63. The van der Waals surface area contributed by atoms with Gasteiger partial charge in [0.2, 0.25) is 0 Å². The largest absolute Gasteiger partial charge is 0.508 e. The van der Waals surface area contributed by atoms with Crippen molar-refractivity contribution in [2.24, 2.45) is 5.73 Å². The molecule has 0 fully saturated rings. The molecule has 1 aromatic rings. The Labute approximate surface area is 105 Å². The average Bonchev–Trinajstić information content (AvgIpc) is 2.37. The number of benzene rings is 1. The molecular formula is C12H17NO5. The lowest BCUT2D eigenvalue weighted by molar-refractivity contribution is 0.0137. The summed E-state index contributed by atoms with van der Waals surface area (Å²) in [5, 5.41) is 29.1. The smallest absolute Gasteiger partial charge is 0.337 e. The van der Waals surface area contributed by atoms with Crippen molar-refractivity contribution >= 4 is 5.97 Å². The number of rotatable bonds is 5. The highest BCUT2D eigenvalue weighted by Crippen LogP contribution is 2.28. The molecule has 1 aromatic carbocycles. The van der Waals surface area contributed by atoms with Gasteiger partial charge in [-0.3, -0.25) is 0 Å². The second-order valence-electron chi connectivity index (χ2n) is 3.85. The summed E-state index contributed by atoms with van der Waals surface area (Å²) in [6.07, 6.45) is -2.11. The topological polar surface area (TPSA) is 113 Å². The fraction of sp³-hybridized carbons (Fsp3) is 0.417. The first-order chi connectivity index (χ1) is 8.51. The predicted molar refractivity (Wildman–Crippen MR) is 64.1 cm³/mol. The lowest BCUT2D eigenvalue weighted by Gasteiger charge is -2.18. The summed E-state index contributed by atoms with van der Waals surface area (Å²) < 4.78 is 4.50. The molecule has 100 valence electrons. The molecule has 6 nitrogen and oxygen atoms in total. The highest BCUT2D eigenvalue weighted by molar-refractivity contribution is 5.89. The zero-order valence-corrected chi connectivity index (χ0v) is 10.0. The second kappa shape index (κ2) is 6.34. The molecule has 0 radical (unpaired) electrons. The first kappa shape index (κ1) is 14.4. The third-order valence-corrected chi connectivity index (χ3v) is 2.60. The predicted octanol–water partition coefficient (Wildman–Crippen LogP) is -0.0781. The van der Waals surface area contributed by atoms with E-state index in [9.17, 15) is 20.1 Å². The monoisotopic (exact) mass is 255 g/mol. The maximum absolute atomic E-state index is 11.2. The van der Waals surface area contributed by atoms with Crippen LogP contribution in [0.2, 0.25) is 0 Å². The Morgan fingerprint density at radius 2 is 2.11 bits per heavy atom. The molecule has 0 aliphatic rings. The van der Waals surface area contributed by atoms with E-state index in [-0.39, 0.29) is 29.8 Å². The van der Waals surface area contributed by atoms with E-state index in [0.29, 0.717) is 0 Å². The molecule has 0 aromatic heterocycles. The van der Waals surface area contributed by atoms with Gasteiger partial charge in [-0.25, -0.2) is 4.79 Å². The summed E-state index contributed by atoms with van der Waals surface area (Å²) in [5.41, 5.74) is 5.58. The van der Waals surface area contributed by atoms with Gasteiger partial charge in [0.25, 0.3) is 0 Å². The lowest BCUT2D eigenvalue weighted by atomic mass is 9.99. The molecule has 2 atom stereocenters. The van der Waals surface area contributed by atoms with Gasteiger partial charge in [0.1, 0.15) is 11.9 Å². The van der Waals surface area contributed by atoms with Crippen molar-refractivity contribution in [3.8, 4) is 5.75 Å². The number of esters is 1. The van der Waals surface area contributed by atoms with Crippen molar-refractivity contribution in [2.75, 3.05) is 13.7 Å². The number of nitrogens with two attached hydrogens (primary N) is 1. The van der Waals surface area contributed by atoms with Crippen LogP contribution in [0.5, 0.6) is 5.75 Å². The van der Waals surface area contributed by atoms with Gasteiger partial charge in [-0.2, -0.15) is 0 Å². The van der Waals surface area contributed by atoms with Gasteiger partial charge in [0.05, 0.1) is 18.8 Å². The summed E-state index contributed by atoms with van der Waals surface area (Å²) in [7, 11) is 1.23. The average molecular weight is 255 g/mol. The number of carbonyl (C=O) groups is 1. The van der Waals surface area contributed by atoms with E-state index in [1.807, 2.05) is 0 Å². The molecule has 18 heavy (non-hydrogen) atoms. The molecule has 0 bridgehead atoms. The number of phenolic OH excluding ortho intramolecular Hbond substituents is 1. The molecular weight excluding hydrogens is 238 g/mol. The van der Waals surface area contributed by atoms with Crippen molar-refractivity contribution < 1.29 is 24.9 Å². The van der Waals surface area contributed by atoms with Gasteiger partial charge in [0.15, 0.2) is 0 Å². The third-order valence-electron chi connectivity index (χ3n) is 2.60. The molecule has 1 rings (SSSR count). The highest BCUT2D eigenvalue weighted by atomic mass is 16.5. The van der Waals surface area contributed by atoms with Crippen LogP contribution in [0, 0.1) is 0 Å². The number of ether oxygens (including phenoxy) is 1. The van der Waals surface area contributed by atoms with Crippen LogP contribution in [0.1, 0.15) is 28.4 Å². The van der Waals surface area contributed by atoms with E-state index >= 15 is 0 Å². The number of hydrogen-bond acceptors (Lipinski definition) is 6. The molecule has 5 N–H and O–H groups in total. The van der Waals surface area contributed by atoms with Crippen molar-refractivity contribution in [1.29, 1.82) is 0 Å². The van der Waals surface area contributed by atoms with Crippen molar-refractivity contribution in [1.82, 2.24) is 0 Å². The molecule has 6 heteroatoms. The van der Waals surface area contributed by atoms with Crippen molar-refractivity contribution in [3.05, 3.63) is 29.3 Å². The van der Waals surface area contributed by atoms with E-state index in [1.165, 1.54) is 25.3 Å². The third kappa shape index (κ3) is 3.19. The number of carbonyl (C=O) groups excluding carboxylic acids is 1. The number of phenols is 1. The van der Waals surface area contributed by atoms with Crippen LogP contribution in [0.3, 0.4) is 0 Å². The van der Waals surface area contributed by atoms with Crippen LogP contribution < -0.4 is 5.73 Å². The van der Waals surface area contributed by atoms with E-state index < -0.39 is 18.2 Å². The SMILES string of the molecule is COC(=O)c1ccc(C(O)C(O)CCN)c(O)c1. The molecule has 2 unspecified atom stereocenters. The number of methoxy groups -OCH3 is 1. The summed E-state index contributed by atoms with van der Waals surface area (Å²) in [5.74, 6) is -0.865. The quantitative estimate of drug-likeness (QED) is 0.547. The van der Waals surface area contributed by atoms with Gasteiger partial charge >= 0.3 is 5.97 Å². The standard InChI is InChI=1S/C12H17NO5/c1-18-12(17)7-2-3-8(10(15)6-7)11(16)9(14)4-5-13/h2-3,6,9,11,14-16H,4-5,13H2,1H3. The minimum Gasteiger partial charge on any atom is -0.508 e. The van der Waals surface area contributed by atoms with Gasteiger partial charge < -0.3 is 25.8 Å². The molecule has 0 amide bonds. The Morgan fingerprint density at radius 1 is 1.44 bits per heavy atom. The maximum atomic E-state index is 11.2. The Morgan fingerprint density at radius 3 is 2.61 bits per heavy atom. The molecule has 0 saturated heterocycles. The lowest BCUT2D eigenvalue weighted by Crippen LogP contribution is -2.22. The Balaban J connectivity index is 2.94. The van der Waals surface area contributed by atoms with Crippen LogP contribution in [-0.2, 0) is 4.74 Å². The van der Waals surface area contributed by atoms with Gasteiger partial charge in [-0.15, -0.1) is 0 Å². The van der Waals surface area contributed by atoms with Gasteiger partial charge in [-0.05, 0) is 25.1 Å². The molecule has 0 aliphatic heterocycles. The van der Waals surface area contributed by atoms with Gasteiger partial charge in [-0.1, -0.05) is 6.07 Å². The van der Waals surface area contributed by atoms with Gasteiger partial charge in [0, 0.05) is 5.56 Å². The summed E-state index contributed by atoms with van der Waals surface area (Å²) in [4.78, 5) is 11.2. The fourth-order valence-electron chi connectivity index (χ4n) is 1.57. The minimum absolute atomic E-state index is 0.142. The van der Waals surface area contributed by atoms with Crippen molar-refractivity contribution in [3.63, 3.8) is 0 Å². The first-order valence-corrected chi connectivity index (χ1v) is 5.48. The number of hydrogen-bond donors (Lipinski definition) is 4. The number of aliphatic hydroxyl groups excluding tert-OH is 2. The van der Waals surface area contributed by atoms with Crippen molar-refractivity contribution in [2.45, 2.75) is 18.6 Å². The zero-order valence-electron chi connectivity index (χ0n) is 10.0. The first-order valence-electron chi connectivity index (χ1n) is 5.48. The van der Waals surface area contributed by atoms with E-state index in [0.717, 1.165) is 0 Å². The van der Waals surface area contributed by atoms with Crippen LogP contribution in [0.15, 0.2) is 18.2 Å². The van der Waals surface area contributed by atoms with Crippen LogP contribution in [-0.4, -0.2) is 41.0 Å².